The second-order valence-corrected chi connectivity index (χ2v) is 5.82. The highest BCUT2D eigenvalue weighted by Crippen LogP contribution is 2.14. The first-order chi connectivity index (χ1) is 10.7. The van der Waals surface area contributed by atoms with E-state index in [1.54, 1.807) is 32.0 Å². The Morgan fingerprint density at radius 3 is 2.57 bits per heavy atom. The van der Waals surface area contributed by atoms with Crippen LogP contribution in [0, 0.1) is 0 Å². The maximum Gasteiger partial charge on any atom is 0.303 e. The monoisotopic (exact) mass is 322 g/mol. The van der Waals surface area contributed by atoms with Crippen LogP contribution in [0.5, 0.6) is 5.75 Å². The number of ether oxygens (including phenoxy) is 1. The first-order valence-electron chi connectivity index (χ1n) is 7.25. The number of hydrogen-bond acceptors (Lipinski definition) is 4. The van der Waals surface area contributed by atoms with Crippen molar-refractivity contribution >= 4 is 17.8 Å². The average Bonchev–Trinajstić information content (AvgIpc) is 2.45. The van der Waals surface area contributed by atoms with Crippen molar-refractivity contribution in [3.63, 3.8) is 0 Å². The lowest BCUT2D eigenvalue weighted by Gasteiger charge is -2.25. The Labute approximate surface area is 134 Å². The van der Waals surface area contributed by atoms with E-state index >= 15 is 0 Å². The van der Waals surface area contributed by atoms with Crippen molar-refractivity contribution < 1.29 is 24.2 Å². The maximum absolute atomic E-state index is 11.9. The summed E-state index contributed by atoms with van der Waals surface area (Å²) in [5.41, 5.74) is 4.92. The molecule has 2 amide bonds. The van der Waals surface area contributed by atoms with Crippen LogP contribution in [0.4, 0.5) is 0 Å². The van der Waals surface area contributed by atoms with E-state index < -0.39 is 17.4 Å². The molecule has 0 radical (unpaired) electrons. The van der Waals surface area contributed by atoms with Gasteiger partial charge in [-0.15, -0.1) is 0 Å². The van der Waals surface area contributed by atoms with E-state index in [1.807, 2.05) is 0 Å². The van der Waals surface area contributed by atoms with E-state index in [2.05, 4.69) is 5.32 Å². The van der Waals surface area contributed by atoms with E-state index in [4.69, 9.17) is 15.6 Å². The molecule has 23 heavy (non-hydrogen) atoms. The number of benzene rings is 1. The minimum absolute atomic E-state index is 0.0102. The smallest absolute Gasteiger partial charge is 0.303 e. The van der Waals surface area contributed by atoms with Gasteiger partial charge in [0.05, 0.1) is 13.0 Å². The number of primary amides is 1. The minimum Gasteiger partial charge on any atom is -0.493 e. The molecular weight excluding hydrogens is 300 g/mol. The molecule has 0 unspecified atom stereocenters. The first kappa shape index (κ1) is 18.5. The minimum atomic E-state index is -0.898. The van der Waals surface area contributed by atoms with Crippen molar-refractivity contribution in [2.75, 3.05) is 6.61 Å². The van der Waals surface area contributed by atoms with Crippen LogP contribution in [0.15, 0.2) is 24.3 Å². The fourth-order valence-electron chi connectivity index (χ4n) is 1.92. The predicted octanol–water partition coefficient (Wildman–Crippen LogP) is 1.31. The lowest BCUT2D eigenvalue weighted by atomic mass is 9.98. The first-order valence-corrected chi connectivity index (χ1v) is 7.25. The van der Waals surface area contributed by atoms with Crippen molar-refractivity contribution in [3.8, 4) is 5.75 Å². The number of carbonyl (C=O) groups is 3. The quantitative estimate of drug-likeness (QED) is 0.633. The summed E-state index contributed by atoms with van der Waals surface area (Å²) in [6.45, 7) is 3.68. The van der Waals surface area contributed by atoms with Crippen LogP contribution in [0.25, 0.3) is 0 Å². The Hall–Kier alpha value is -2.57. The fraction of sp³-hybridized carbons (Fsp3) is 0.438. The number of carboxylic acid groups (broad SMARTS) is 1. The molecule has 0 aromatic heterocycles. The molecule has 126 valence electrons. The second kappa shape index (κ2) is 8.17. The summed E-state index contributed by atoms with van der Waals surface area (Å²) >= 11 is 0. The number of aliphatic carboxylic acids is 1. The largest absolute Gasteiger partial charge is 0.493 e. The van der Waals surface area contributed by atoms with Gasteiger partial charge in [-0.05, 0) is 38.5 Å². The van der Waals surface area contributed by atoms with Gasteiger partial charge in [0.1, 0.15) is 5.75 Å². The van der Waals surface area contributed by atoms with Gasteiger partial charge in [-0.1, -0.05) is 6.07 Å². The number of carbonyl (C=O) groups excluding carboxylic acids is 2. The topological polar surface area (TPSA) is 119 Å². The zero-order valence-corrected chi connectivity index (χ0v) is 13.3. The highest BCUT2D eigenvalue weighted by Gasteiger charge is 2.21. The van der Waals surface area contributed by atoms with Crippen LogP contribution in [-0.2, 0) is 9.59 Å². The molecule has 4 N–H and O–H groups in total. The molecule has 0 spiro atoms. The zero-order chi connectivity index (χ0) is 17.5. The fourth-order valence-corrected chi connectivity index (χ4v) is 1.92. The molecule has 0 aliphatic heterocycles. The molecule has 7 nitrogen and oxygen atoms in total. The van der Waals surface area contributed by atoms with Gasteiger partial charge in [-0.2, -0.15) is 0 Å². The Morgan fingerprint density at radius 2 is 1.96 bits per heavy atom. The molecular formula is C16H22N2O5. The third kappa shape index (κ3) is 7.30. The third-order valence-corrected chi connectivity index (χ3v) is 3.16. The summed E-state index contributed by atoms with van der Waals surface area (Å²) in [5, 5.41) is 11.4. The molecule has 1 rings (SSSR count). The van der Waals surface area contributed by atoms with Crippen molar-refractivity contribution in [2.45, 2.75) is 38.6 Å². The van der Waals surface area contributed by atoms with Crippen LogP contribution in [0.2, 0.25) is 0 Å². The number of nitrogens with one attached hydrogen (secondary N) is 1. The lowest BCUT2D eigenvalue weighted by Crippen LogP contribution is -2.44. The summed E-state index contributed by atoms with van der Waals surface area (Å²) in [4.78, 5) is 33.5. The highest BCUT2D eigenvalue weighted by atomic mass is 16.5. The van der Waals surface area contributed by atoms with Gasteiger partial charge in [0.25, 0.3) is 0 Å². The van der Waals surface area contributed by atoms with E-state index in [-0.39, 0.29) is 25.4 Å². The van der Waals surface area contributed by atoms with Crippen molar-refractivity contribution in [1.29, 1.82) is 0 Å². The molecule has 0 aliphatic rings. The number of hydrogen-bond donors (Lipinski definition) is 3. The summed E-state index contributed by atoms with van der Waals surface area (Å²) < 4.78 is 5.42. The molecule has 0 heterocycles. The maximum atomic E-state index is 11.9. The summed E-state index contributed by atoms with van der Waals surface area (Å²) in [5.74, 6) is -1.22. The van der Waals surface area contributed by atoms with Gasteiger partial charge in [0.2, 0.25) is 11.8 Å². The molecule has 1 aromatic carbocycles. The molecule has 0 fully saturated rings. The van der Waals surface area contributed by atoms with Gasteiger partial charge in [-0.25, -0.2) is 0 Å². The number of rotatable bonds is 9. The molecule has 0 saturated heterocycles. The van der Waals surface area contributed by atoms with Gasteiger partial charge >= 0.3 is 5.97 Å². The molecule has 0 atom stereocenters. The summed E-state index contributed by atoms with van der Waals surface area (Å²) in [6.07, 6.45) is 0.455. The van der Waals surface area contributed by atoms with Crippen LogP contribution < -0.4 is 15.8 Å². The van der Waals surface area contributed by atoms with Crippen LogP contribution in [0.3, 0.4) is 0 Å². The standard InChI is InChI=1S/C16H22N2O5/c1-16(2,8-6-14(20)21)18-13(19)7-9-23-12-5-3-4-11(10-12)15(17)22/h3-5,10H,6-9H2,1-2H3,(H2,17,22)(H,18,19)(H,20,21). The second-order valence-electron chi connectivity index (χ2n) is 5.82. The van der Waals surface area contributed by atoms with Crippen molar-refractivity contribution in [1.82, 2.24) is 5.32 Å². The van der Waals surface area contributed by atoms with Gasteiger partial charge in [-0.3, -0.25) is 14.4 Å². The molecule has 0 aliphatic carbocycles. The van der Waals surface area contributed by atoms with Crippen LogP contribution in [0.1, 0.15) is 43.5 Å². The number of nitrogens with two attached hydrogens (primary N) is 1. The summed E-state index contributed by atoms with van der Waals surface area (Å²) in [6, 6.07) is 6.40. The summed E-state index contributed by atoms with van der Waals surface area (Å²) in [7, 11) is 0. The van der Waals surface area contributed by atoms with E-state index in [0.717, 1.165) is 0 Å². The number of amides is 2. The van der Waals surface area contributed by atoms with E-state index in [1.165, 1.54) is 6.07 Å². The number of carboxylic acids is 1. The Kier molecular flexibility index (Phi) is 6.56. The Morgan fingerprint density at radius 1 is 1.26 bits per heavy atom. The molecule has 1 aromatic rings. The van der Waals surface area contributed by atoms with Crippen LogP contribution in [-0.4, -0.2) is 35.0 Å². The van der Waals surface area contributed by atoms with Gasteiger partial charge < -0.3 is 20.9 Å². The van der Waals surface area contributed by atoms with Crippen molar-refractivity contribution in [3.05, 3.63) is 29.8 Å². The average molecular weight is 322 g/mol. The predicted molar refractivity (Wildman–Crippen MR) is 84.2 cm³/mol. The van der Waals surface area contributed by atoms with Crippen molar-refractivity contribution in [2.24, 2.45) is 5.73 Å². The third-order valence-electron chi connectivity index (χ3n) is 3.16. The van der Waals surface area contributed by atoms with Gasteiger partial charge in [0, 0.05) is 17.5 Å². The van der Waals surface area contributed by atoms with E-state index in [0.29, 0.717) is 17.7 Å². The van der Waals surface area contributed by atoms with E-state index in [9.17, 15) is 14.4 Å². The zero-order valence-electron chi connectivity index (χ0n) is 13.3. The van der Waals surface area contributed by atoms with Crippen LogP contribution >= 0.6 is 0 Å². The highest BCUT2D eigenvalue weighted by molar-refractivity contribution is 5.93. The molecule has 7 heteroatoms. The normalized spacial score (nSPS) is 10.9. The molecule has 0 saturated carbocycles. The Balaban J connectivity index is 2.40. The SMILES string of the molecule is CC(C)(CCC(=O)O)NC(=O)CCOc1cccc(C(N)=O)c1. The Bertz CT molecular complexity index is 584. The molecule has 0 bridgehead atoms. The lowest BCUT2D eigenvalue weighted by molar-refractivity contribution is -0.137. The van der Waals surface area contributed by atoms with Gasteiger partial charge in [0.15, 0.2) is 0 Å².